The van der Waals surface area contributed by atoms with Crippen LogP contribution in [0, 0.1) is 11.3 Å². The number of amides is 1. The molecule has 0 spiro atoms. The van der Waals surface area contributed by atoms with Crippen LogP contribution in [0.15, 0.2) is 12.4 Å². The van der Waals surface area contributed by atoms with Gasteiger partial charge in [0.15, 0.2) is 0 Å². The molecule has 0 fully saturated rings. The molecule has 0 bridgehead atoms. The summed E-state index contributed by atoms with van der Waals surface area (Å²) >= 11 is 0. The van der Waals surface area contributed by atoms with Crippen molar-refractivity contribution >= 4 is 11.6 Å². The van der Waals surface area contributed by atoms with Crippen LogP contribution in [0.5, 0.6) is 0 Å². The van der Waals surface area contributed by atoms with Gasteiger partial charge in [-0.15, -0.1) is 0 Å². The molecule has 0 unspecified atom stereocenters. The van der Waals surface area contributed by atoms with Gasteiger partial charge in [0.2, 0.25) is 5.91 Å². The zero-order valence-electron chi connectivity index (χ0n) is 12.8. The Kier molecular flexibility index (Phi) is 5.14. The van der Waals surface area contributed by atoms with Gasteiger partial charge in [0.25, 0.3) is 0 Å². The predicted octanol–water partition coefficient (Wildman–Crippen LogP) is 1.81. The Morgan fingerprint density at radius 3 is 2.75 bits per heavy atom. The minimum absolute atomic E-state index is 0.0382. The third-order valence-electron chi connectivity index (χ3n) is 2.96. The summed E-state index contributed by atoms with van der Waals surface area (Å²) in [7, 11) is 1.70. The molecule has 1 aromatic heterocycles. The standard InChI is InChI=1S/C14H23N5O/c1-11(13(20)18(5)8-6-7-15)17-12-9-16-19(10-12)14(2,3)4/h9-11,17H,6,8H2,1-5H3/t11-/m1/s1. The van der Waals surface area contributed by atoms with Gasteiger partial charge in [-0.05, 0) is 27.7 Å². The summed E-state index contributed by atoms with van der Waals surface area (Å²) in [6.45, 7) is 8.44. The Hall–Kier alpha value is -2.03. The van der Waals surface area contributed by atoms with Crippen molar-refractivity contribution in [3.63, 3.8) is 0 Å². The molecule has 0 aliphatic rings. The quantitative estimate of drug-likeness (QED) is 0.890. The van der Waals surface area contributed by atoms with Crippen LogP contribution in [0.2, 0.25) is 0 Å². The van der Waals surface area contributed by atoms with Gasteiger partial charge in [-0.1, -0.05) is 0 Å². The van der Waals surface area contributed by atoms with Gasteiger partial charge in [0, 0.05) is 19.8 Å². The number of rotatable bonds is 5. The van der Waals surface area contributed by atoms with Gasteiger partial charge in [0.1, 0.15) is 6.04 Å². The SMILES string of the molecule is C[C@@H](Nc1cnn(C(C)(C)C)c1)C(=O)N(C)CCC#N. The fraction of sp³-hybridized carbons (Fsp3) is 0.643. The molecule has 1 N–H and O–H groups in total. The Labute approximate surface area is 120 Å². The second-order valence-corrected chi connectivity index (χ2v) is 5.88. The van der Waals surface area contributed by atoms with E-state index in [1.165, 1.54) is 0 Å². The van der Waals surface area contributed by atoms with Gasteiger partial charge >= 0.3 is 0 Å². The Balaban J connectivity index is 2.62. The number of nitrogens with one attached hydrogen (secondary N) is 1. The van der Waals surface area contributed by atoms with Crippen LogP contribution in [0.1, 0.15) is 34.1 Å². The lowest BCUT2D eigenvalue weighted by atomic mass is 10.1. The number of anilines is 1. The summed E-state index contributed by atoms with van der Waals surface area (Å²) in [6, 6.07) is 1.68. The third kappa shape index (κ3) is 4.26. The maximum atomic E-state index is 12.1. The van der Waals surface area contributed by atoms with Crippen molar-refractivity contribution in [3.8, 4) is 6.07 Å². The first-order valence-corrected chi connectivity index (χ1v) is 6.69. The van der Waals surface area contributed by atoms with Crippen LogP contribution < -0.4 is 5.32 Å². The summed E-state index contributed by atoms with van der Waals surface area (Å²) in [4.78, 5) is 13.6. The highest BCUT2D eigenvalue weighted by Crippen LogP contribution is 2.16. The zero-order chi connectivity index (χ0) is 15.3. The number of aromatic nitrogens is 2. The molecule has 6 heteroatoms. The molecule has 1 amide bonds. The normalized spacial score (nSPS) is 12.6. The highest BCUT2D eigenvalue weighted by Gasteiger charge is 2.19. The molecule has 1 aromatic rings. The topological polar surface area (TPSA) is 74.0 Å². The van der Waals surface area contributed by atoms with Crippen LogP contribution in [-0.2, 0) is 10.3 Å². The highest BCUT2D eigenvalue weighted by atomic mass is 16.2. The van der Waals surface area contributed by atoms with Gasteiger partial charge < -0.3 is 10.2 Å². The van der Waals surface area contributed by atoms with E-state index in [4.69, 9.17) is 5.26 Å². The Bertz CT molecular complexity index is 494. The van der Waals surface area contributed by atoms with Crippen molar-refractivity contribution in [1.29, 1.82) is 5.26 Å². The molecular formula is C14H23N5O. The van der Waals surface area contributed by atoms with Gasteiger partial charge in [0.05, 0.1) is 29.9 Å². The third-order valence-corrected chi connectivity index (χ3v) is 2.96. The van der Waals surface area contributed by atoms with E-state index in [2.05, 4.69) is 31.2 Å². The maximum absolute atomic E-state index is 12.1. The van der Waals surface area contributed by atoms with E-state index in [0.29, 0.717) is 13.0 Å². The van der Waals surface area contributed by atoms with Gasteiger partial charge in [-0.2, -0.15) is 10.4 Å². The number of likely N-dealkylation sites (N-methyl/N-ethyl adjacent to an activating group) is 1. The van der Waals surface area contributed by atoms with Crippen LogP contribution in [0.4, 0.5) is 5.69 Å². The molecule has 1 atom stereocenters. The predicted molar refractivity (Wildman–Crippen MR) is 78.2 cm³/mol. The Morgan fingerprint density at radius 2 is 2.25 bits per heavy atom. The highest BCUT2D eigenvalue weighted by molar-refractivity contribution is 5.83. The van der Waals surface area contributed by atoms with Crippen LogP contribution in [0.3, 0.4) is 0 Å². The fourth-order valence-electron chi connectivity index (χ4n) is 1.73. The Morgan fingerprint density at radius 1 is 1.60 bits per heavy atom. The molecule has 0 aliphatic heterocycles. The van der Waals surface area contributed by atoms with Gasteiger partial charge in [-0.3, -0.25) is 9.48 Å². The molecule has 0 saturated heterocycles. The van der Waals surface area contributed by atoms with E-state index >= 15 is 0 Å². The average molecular weight is 277 g/mol. The van der Waals surface area contributed by atoms with Crippen molar-refractivity contribution in [2.75, 3.05) is 18.9 Å². The number of nitrogens with zero attached hydrogens (tertiary/aromatic N) is 4. The minimum Gasteiger partial charge on any atom is -0.371 e. The first kappa shape index (κ1) is 16.0. The summed E-state index contributed by atoms with van der Waals surface area (Å²) in [5, 5.41) is 15.9. The van der Waals surface area contributed by atoms with E-state index in [1.54, 1.807) is 25.1 Å². The van der Waals surface area contributed by atoms with Crippen molar-refractivity contribution in [2.45, 2.75) is 45.7 Å². The summed E-state index contributed by atoms with van der Waals surface area (Å²) in [5.74, 6) is -0.0382. The monoisotopic (exact) mass is 277 g/mol. The lowest BCUT2D eigenvalue weighted by Crippen LogP contribution is -2.39. The number of carbonyl (C=O) groups excluding carboxylic acids is 1. The molecule has 6 nitrogen and oxygen atoms in total. The molecular weight excluding hydrogens is 254 g/mol. The van der Waals surface area contributed by atoms with Gasteiger partial charge in [-0.25, -0.2) is 0 Å². The number of carbonyl (C=O) groups is 1. The lowest BCUT2D eigenvalue weighted by Gasteiger charge is -2.21. The molecule has 110 valence electrons. The molecule has 0 aliphatic carbocycles. The molecule has 0 radical (unpaired) electrons. The maximum Gasteiger partial charge on any atom is 0.244 e. The van der Waals surface area contributed by atoms with Crippen molar-refractivity contribution < 1.29 is 4.79 Å². The summed E-state index contributed by atoms with van der Waals surface area (Å²) < 4.78 is 1.85. The molecule has 1 rings (SSSR count). The summed E-state index contributed by atoms with van der Waals surface area (Å²) in [6.07, 6.45) is 3.94. The molecule has 20 heavy (non-hydrogen) atoms. The lowest BCUT2D eigenvalue weighted by molar-refractivity contribution is -0.130. The van der Waals surface area contributed by atoms with E-state index in [0.717, 1.165) is 5.69 Å². The van der Waals surface area contributed by atoms with Crippen molar-refractivity contribution in [3.05, 3.63) is 12.4 Å². The first-order valence-electron chi connectivity index (χ1n) is 6.69. The minimum atomic E-state index is -0.351. The summed E-state index contributed by atoms with van der Waals surface area (Å²) in [5.41, 5.74) is 0.728. The van der Waals surface area contributed by atoms with Crippen molar-refractivity contribution in [1.82, 2.24) is 14.7 Å². The average Bonchev–Trinajstić information content (AvgIpc) is 2.83. The van der Waals surface area contributed by atoms with Crippen LogP contribution in [-0.4, -0.2) is 40.2 Å². The van der Waals surface area contributed by atoms with Crippen LogP contribution in [0.25, 0.3) is 0 Å². The molecule has 0 aromatic carbocycles. The largest absolute Gasteiger partial charge is 0.371 e. The van der Waals surface area contributed by atoms with Crippen molar-refractivity contribution in [2.24, 2.45) is 0 Å². The first-order chi connectivity index (χ1) is 9.25. The second kappa shape index (κ2) is 6.42. The number of hydrogen-bond acceptors (Lipinski definition) is 4. The second-order valence-electron chi connectivity index (χ2n) is 5.88. The van der Waals surface area contributed by atoms with E-state index < -0.39 is 0 Å². The fourth-order valence-corrected chi connectivity index (χ4v) is 1.73. The van der Waals surface area contributed by atoms with E-state index in [1.807, 2.05) is 16.9 Å². The molecule has 0 saturated carbocycles. The smallest absolute Gasteiger partial charge is 0.244 e. The van der Waals surface area contributed by atoms with E-state index in [-0.39, 0.29) is 17.5 Å². The zero-order valence-corrected chi connectivity index (χ0v) is 12.8. The van der Waals surface area contributed by atoms with E-state index in [9.17, 15) is 4.79 Å². The molecule has 1 heterocycles. The van der Waals surface area contributed by atoms with Crippen LogP contribution >= 0.6 is 0 Å². The number of hydrogen-bond donors (Lipinski definition) is 1. The number of nitriles is 1.